The first-order valence-corrected chi connectivity index (χ1v) is 11.4. The fourth-order valence-corrected chi connectivity index (χ4v) is 4.96. The average molecular weight is 470 g/mol. The van der Waals surface area contributed by atoms with Gasteiger partial charge >= 0.3 is 0 Å². The lowest BCUT2D eigenvalue weighted by Crippen LogP contribution is -2.17. The van der Waals surface area contributed by atoms with Crippen LogP contribution in [0.25, 0.3) is 21.9 Å². The van der Waals surface area contributed by atoms with Crippen molar-refractivity contribution in [3.8, 4) is 11.1 Å². The van der Waals surface area contributed by atoms with Crippen molar-refractivity contribution in [2.45, 2.75) is 51.4 Å². The molecule has 4 rings (SSSR count). The van der Waals surface area contributed by atoms with Crippen molar-refractivity contribution in [3.63, 3.8) is 0 Å². The Morgan fingerprint density at radius 2 is 1.53 bits per heavy atom. The molecule has 0 heterocycles. The van der Waals surface area contributed by atoms with Crippen LogP contribution in [-0.4, -0.2) is 31.9 Å². The van der Waals surface area contributed by atoms with Crippen molar-refractivity contribution in [2.75, 3.05) is 7.05 Å². The van der Waals surface area contributed by atoms with Crippen LogP contribution in [0, 0.1) is 5.41 Å². The first-order valence-electron chi connectivity index (χ1n) is 11.4. The van der Waals surface area contributed by atoms with Gasteiger partial charge in [0.15, 0.2) is 0 Å². The maximum atomic E-state index is 13.3. The second-order valence-electron chi connectivity index (χ2n) is 8.75. The number of amidine groups is 1. The van der Waals surface area contributed by atoms with Crippen molar-refractivity contribution in [1.82, 2.24) is 0 Å². The lowest BCUT2D eigenvalue weighted by Gasteiger charge is -2.22. The highest BCUT2D eigenvalue weighted by Gasteiger charge is 2.21. The van der Waals surface area contributed by atoms with E-state index >= 15 is 0 Å². The molecule has 0 aliphatic heterocycles. The van der Waals surface area contributed by atoms with Crippen molar-refractivity contribution in [1.29, 1.82) is 5.41 Å². The molecule has 1 aliphatic rings. The van der Waals surface area contributed by atoms with Gasteiger partial charge in [-0.25, -0.2) is 17.6 Å². The second kappa shape index (κ2) is 9.95. The number of nitrogens with one attached hydrogen (secondary N) is 1. The summed E-state index contributed by atoms with van der Waals surface area (Å²) in [7, 11) is 1.54. The number of nitrogens with zero attached hydrogens (tertiary/aromatic N) is 1. The van der Waals surface area contributed by atoms with Crippen molar-refractivity contribution < 1.29 is 17.6 Å². The molecule has 0 fully saturated rings. The number of aryl methyl sites for hydroxylation is 2. The third-order valence-corrected chi connectivity index (χ3v) is 6.41. The Balaban J connectivity index is 2.09. The van der Waals surface area contributed by atoms with E-state index in [1.807, 2.05) is 6.07 Å². The monoisotopic (exact) mass is 469 g/mol. The molecule has 0 unspecified atom stereocenters. The van der Waals surface area contributed by atoms with Crippen molar-refractivity contribution in [2.24, 2.45) is 10.7 Å². The average Bonchev–Trinajstić information content (AvgIpc) is 2.79. The molecular formula is C27H27F4N3. The van der Waals surface area contributed by atoms with Crippen LogP contribution in [0.1, 0.15) is 46.2 Å². The highest BCUT2D eigenvalue weighted by Crippen LogP contribution is 2.38. The summed E-state index contributed by atoms with van der Waals surface area (Å²) in [5.41, 5.74) is 11.5. The summed E-state index contributed by atoms with van der Waals surface area (Å²) in [6.45, 7) is 0. The first-order chi connectivity index (χ1) is 16.3. The van der Waals surface area contributed by atoms with Crippen LogP contribution >= 0.6 is 0 Å². The predicted octanol–water partition coefficient (Wildman–Crippen LogP) is 6.33. The van der Waals surface area contributed by atoms with Crippen LogP contribution in [0.3, 0.4) is 0 Å². The molecule has 3 N–H and O–H groups in total. The molecule has 0 saturated carbocycles. The molecular weight excluding hydrogens is 442 g/mol. The number of rotatable bonds is 7. The maximum absolute atomic E-state index is 13.3. The van der Waals surface area contributed by atoms with E-state index in [0.29, 0.717) is 22.3 Å². The summed E-state index contributed by atoms with van der Waals surface area (Å²) in [4.78, 5) is 4.14. The molecule has 3 aromatic carbocycles. The number of fused-ring (bicyclic) bond motifs is 2. The van der Waals surface area contributed by atoms with E-state index in [2.05, 4.69) is 17.1 Å². The summed E-state index contributed by atoms with van der Waals surface area (Å²) < 4.78 is 53.0. The van der Waals surface area contributed by atoms with Gasteiger partial charge < -0.3 is 11.1 Å². The van der Waals surface area contributed by atoms with Gasteiger partial charge in [0.2, 0.25) is 12.9 Å². The summed E-state index contributed by atoms with van der Waals surface area (Å²) in [5.74, 6) is 0.197. The van der Waals surface area contributed by atoms with E-state index in [4.69, 9.17) is 11.1 Å². The second-order valence-corrected chi connectivity index (χ2v) is 8.75. The lowest BCUT2D eigenvalue weighted by molar-refractivity contribution is 0.148. The fraction of sp³-hybridized carbons (Fsp3) is 0.333. The Morgan fingerprint density at radius 1 is 0.941 bits per heavy atom. The molecule has 0 bridgehead atoms. The summed E-state index contributed by atoms with van der Waals surface area (Å²) in [6.07, 6.45) is -0.971. The molecule has 0 spiro atoms. The van der Waals surface area contributed by atoms with Gasteiger partial charge in [0.25, 0.3) is 0 Å². The molecule has 0 atom stereocenters. The highest BCUT2D eigenvalue weighted by molar-refractivity contribution is 6.16. The number of benzene rings is 3. The first kappa shape index (κ1) is 23.9. The molecule has 34 heavy (non-hydrogen) atoms. The maximum Gasteiger partial charge on any atom is 0.242 e. The van der Waals surface area contributed by atoms with E-state index in [-0.39, 0.29) is 17.0 Å². The molecule has 3 aromatic rings. The molecule has 0 aromatic heterocycles. The molecule has 0 amide bonds. The zero-order valence-electron chi connectivity index (χ0n) is 19.0. The molecule has 1 aliphatic carbocycles. The molecule has 0 radical (unpaired) electrons. The van der Waals surface area contributed by atoms with Gasteiger partial charge in [-0.15, -0.1) is 0 Å². The van der Waals surface area contributed by atoms with Gasteiger partial charge in [0.05, 0.1) is 0 Å². The number of halogens is 4. The van der Waals surface area contributed by atoms with E-state index in [1.54, 1.807) is 19.2 Å². The van der Waals surface area contributed by atoms with Gasteiger partial charge in [0, 0.05) is 42.8 Å². The zero-order chi connectivity index (χ0) is 24.4. The van der Waals surface area contributed by atoms with Crippen LogP contribution in [0.15, 0.2) is 41.4 Å². The van der Waals surface area contributed by atoms with Crippen LogP contribution < -0.4 is 5.73 Å². The Bertz CT molecular complexity index is 1240. The SMILES string of the molecule is CN=C(N)c1c(C=N)cc2cc3c(cc2c1-c1cc(CC(F)F)cc(CC(F)F)c1)CCCC3. The van der Waals surface area contributed by atoms with Gasteiger partial charge in [0.1, 0.15) is 5.84 Å². The topological polar surface area (TPSA) is 62.2 Å². The number of hydrogen-bond acceptors (Lipinski definition) is 2. The minimum absolute atomic E-state index is 0.197. The molecule has 3 nitrogen and oxygen atoms in total. The summed E-state index contributed by atoms with van der Waals surface area (Å²) >= 11 is 0. The van der Waals surface area contributed by atoms with Crippen LogP contribution in [0.5, 0.6) is 0 Å². The minimum atomic E-state index is -2.60. The number of nitrogens with two attached hydrogens (primary N) is 1. The standard InChI is InChI=1S/C27H27F4N3/c1-34-27(33)26-21(14-32)12-19-11-17-4-2-3-5-18(17)13-22(19)25(26)20-7-15(9-23(28)29)6-16(8-20)10-24(30)31/h6-8,11-14,23-24,32H,2-5,9-10H2,1H3,(H2,33,34). The Kier molecular flexibility index (Phi) is 7.00. The van der Waals surface area contributed by atoms with E-state index < -0.39 is 25.7 Å². The molecule has 7 heteroatoms. The zero-order valence-corrected chi connectivity index (χ0v) is 19.0. The van der Waals surface area contributed by atoms with E-state index in [1.165, 1.54) is 23.4 Å². The van der Waals surface area contributed by atoms with Gasteiger partial charge in [-0.2, -0.15) is 0 Å². The molecule has 0 saturated heterocycles. The number of hydrogen-bond donors (Lipinski definition) is 2. The largest absolute Gasteiger partial charge is 0.383 e. The van der Waals surface area contributed by atoms with Crippen molar-refractivity contribution >= 4 is 22.8 Å². The summed E-state index contributed by atoms with van der Waals surface area (Å²) in [6, 6.07) is 10.8. The summed E-state index contributed by atoms with van der Waals surface area (Å²) in [5, 5.41) is 9.76. The third kappa shape index (κ3) is 4.83. The highest BCUT2D eigenvalue weighted by atomic mass is 19.3. The third-order valence-electron chi connectivity index (χ3n) is 6.41. The number of aliphatic imine (C=N–C) groups is 1. The Labute approximate surface area is 196 Å². The predicted molar refractivity (Wildman–Crippen MR) is 130 cm³/mol. The number of alkyl halides is 4. The van der Waals surface area contributed by atoms with Crippen LogP contribution in [0.4, 0.5) is 17.6 Å². The smallest absolute Gasteiger partial charge is 0.242 e. The Hall–Kier alpha value is -3.22. The van der Waals surface area contributed by atoms with Crippen molar-refractivity contribution in [3.05, 3.63) is 69.8 Å². The van der Waals surface area contributed by atoms with Crippen LogP contribution in [0.2, 0.25) is 0 Å². The normalized spacial score (nSPS) is 14.1. The van der Waals surface area contributed by atoms with Gasteiger partial charge in [-0.1, -0.05) is 30.3 Å². The lowest BCUT2D eigenvalue weighted by atomic mass is 9.83. The minimum Gasteiger partial charge on any atom is -0.383 e. The quantitative estimate of drug-likeness (QED) is 0.237. The van der Waals surface area contributed by atoms with Crippen LogP contribution in [-0.2, 0) is 25.7 Å². The van der Waals surface area contributed by atoms with E-state index in [0.717, 1.165) is 36.5 Å². The Morgan fingerprint density at radius 3 is 2.06 bits per heavy atom. The van der Waals surface area contributed by atoms with Gasteiger partial charge in [-0.05, 0) is 70.3 Å². The fourth-order valence-electron chi connectivity index (χ4n) is 4.96. The van der Waals surface area contributed by atoms with Gasteiger partial charge in [-0.3, -0.25) is 4.99 Å². The van der Waals surface area contributed by atoms with E-state index in [9.17, 15) is 17.6 Å². The molecule has 178 valence electrons.